The molecule has 0 saturated carbocycles. The number of carboxylic acid groups (broad SMARTS) is 1. The fourth-order valence-corrected chi connectivity index (χ4v) is 3.80. The summed E-state index contributed by atoms with van der Waals surface area (Å²) in [5.41, 5.74) is 1.38. The van der Waals surface area contributed by atoms with Crippen LogP contribution in [0.25, 0.3) is 0 Å². The Bertz CT molecular complexity index is 1120. The van der Waals surface area contributed by atoms with Crippen molar-refractivity contribution in [2.24, 2.45) is 5.92 Å². The number of aromatic amines is 1. The van der Waals surface area contributed by atoms with Gasteiger partial charge in [0, 0.05) is 18.5 Å². The molecule has 2 atom stereocenters. The van der Waals surface area contributed by atoms with E-state index in [1.807, 2.05) is 12.1 Å². The molecular formula is C22H28N8O6. The minimum absolute atomic E-state index is 0.0264. The normalized spacial score (nSPS) is 15.2. The Hall–Kier alpha value is -4.36. The second-order valence-corrected chi connectivity index (χ2v) is 8.56. The number of tetrazole rings is 1. The number of aliphatic carboxylic acids is 1. The largest absolute Gasteiger partial charge is 0.481 e. The predicted molar refractivity (Wildman–Crippen MR) is 124 cm³/mol. The molecule has 1 aliphatic rings. The number of carbonyl (C=O) groups is 5. The van der Waals surface area contributed by atoms with Crippen LogP contribution in [0.1, 0.15) is 38.1 Å². The number of nitrogens with one attached hydrogen (secondary N) is 4. The lowest BCUT2D eigenvalue weighted by Gasteiger charge is -2.26. The first-order valence-corrected chi connectivity index (χ1v) is 11.4. The van der Waals surface area contributed by atoms with E-state index in [9.17, 15) is 24.0 Å². The van der Waals surface area contributed by atoms with Crippen molar-refractivity contribution in [3.63, 3.8) is 0 Å². The smallest absolute Gasteiger partial charge is 0.303 e. The summed E-state index contributed by atoms with van der Waals surface area (Å²) < 4.78 is 0. The Balaban J connectivity index is 1.65. The number of anilines is 1. The molecule has 192 valence electrons. The minimum atomic E-state index is -1.12. The highest BCUT2D eigenvalue weighted by Crippen LogP contribution is 2.32. The summed E-state index contributed by atoms with van der Waals surface area (Å²) in [5, 5.41) is 29.8. The Morgan fingerprint density at radius 3 is 2.56 bits per heavy atom. The number of amides is 4. The highest BCUT2D eigenvalue weighted by Gasteiger charge is 2.38. The van der Waals surface area contributed by atoms with Crippen LogP contribution >= 0.6 is 0 Å². The number of fused-ring (bicyclic) bond motifs is 1. The van der Waals surface area contributed by atoms with Gasteiger partial charge in [0.2, 0.25) is 23.6 Å². The van der Waals surface area contributed by atoms with Crippen LogP contribution in [0.4, 0.5) is 5.69 Å². The third-order valence-corrected chi connectivity index (χ3v) is 5.60. The predicted octanol–water partition coefficient (Wildman–Crippen LogP) is -1.10. The van der Waals surface area contributed by atoms with Crippen molar-refractivity contribution in [2.45, 2.75) is 51.7 Å². The molecule has 0 bridgehead atoms. The lowest BCUT2D eigenvalue weighted by Crippen LogP contribution is -2.54. The lowest BCUT2D eigenvalue weighted by molar-refractivity contribution is -0.139. The molecular weight excluding hydrogens is 472 g/mol. The van der Waals surface area contributed by atoms with Gasteiger partial charge >= 0.3 is 5.97 Å². The molecule has 2 heterocycles. The summed E-state index contributed by atoms with van der Waals surface area (Å²) in [6.45, 7) is 3.04. The van der Waals surface area contributed by atoms with Gasteiger partial charge in [0.15, 0.2) is 5.82 Å². The number of hydrogen-bond acceptors (Lipinski definition) is 8. The third-order valence-electron chi connectivity index (χ3n) is 5.60. The number of hydrogen-bond donors (Lipinski definition) is 5. The van der Waals surface area contributed by atoms with Gasteiger partial charge in [0.1, 0.15) is 12.1 Å². The van der Waals surface area contributed by atoms with Crippen LogP contribution in [0.2, 0.25) is 0 Å². The Morgan fingerprint density at radius 2 is 1.89 bits per heavy atom. The molecule has 2 aromatic rings. The lowest BCUT2D eigenvalue weighted by atomic mass is 10.0. The number of nitrogens with zero attached hydrogens (tertiary/aromatic N) is 4. The summed E-state index contributed by atoms with van der Waals surface area (Å²) >= 11 is 0. The molecule has 5 N–H and O–H groups in total. The first-order chi connectivity index (χ1) is 17.2. The zero-order valence-corrected chi connectivity index (χ0v) is 19.9. The number of rotatable bonds is 11. The van der Waals surface area contributed by atoms with E-state index in [-0.39, 0.29) is 31.1 Å². The number of carbonyl (C=O) groups excluding carboxylic acids is 4. The summed E-state index contributed by atoms with van der Waals surface area (Å²) in [5.74, 6) is -3.24. The van der Waals surface area contributed by atoms with Crippen molar-refractivity contribution >= 4 is 35.3 Å². The Morgan fingerprint density at radius 1 is 1.14 bits per heavy atom. The van der Waals surface area contributed by atoms with E-state index in [0.717, 1.165) is 5.56 Å². The van der Waals surface area contributed by atoms with Crippen LogP contribution in [-0.4, -0.2) is 74.0 Å². The van der Waals surface area contributed by atoms with E-state index in [2.05, 4.69) is 36.6 Å². The van der Waals surface area contributed by atoms with Gasteiger partial charge in [-0.05, 0) is 17.5 Å². The quantitative estimate of drug-likeness (QED) is 0.254. The monoisotopic (exact) mass is 500 g/mol. The van der Waals surface area contributed by atoms with Gasteiger partial charge in [-0.1, -0.05) is 37.3 Å². The van der Waals surface area contributed by atoms with Gasteiger partial charge in [-0.3, -0.25) is 28.9 Å². The van der Waals surface area contributed by atoms with Gasteiger partial charge in [-0.25, -0.2) is 0 Å². The fourth-order valence-electron chi connectivity index (χ4n) is 3.80. The van der Waals surface area contributed by atoms with Crippen LogP contribution < -0.4 is 20.9 Å². The van der Waals surface area contributed by atoms with Crippen LogP contribution in [0.3, 0.4) is 0 Å². The van der Waals surface area contributed by atoms with Crippen molar-refractivity contribution in [3.05, 3.63) is 35.7 Å². The van der Waals surface area contributed by atoms with E-state index in [1.54, 1.807) is 26.0 Å². The summed E-state index contributed by atoms with van der Waals surface area (Å²) in [4.78, 5) is 62.9. The van der Waals surface area contributed by atoms with Crippen LogP contribution in [0.5, 0.6) is 0 Å². The van der Waals surface area contributed by atoms with Crippen molar-refractivity contribution < 1.29 is 29.1 Å². The Kier molecular flexibility index (Phi) is 8.65. The second-order valence-electron chi connectivity index (χ2n) is 8.56. The third kappa shape index (κ3) is 6.61. The van der Waals surface area contributed by atoms with E-state index >= 15 is 0 Å². The summed E-state index contributed by atoms with van der Waals surface area (Å²) in [6.07, 6.45) is -0.334. The molecule has 0 unspecified atom stereocenters. The van der Waals surface area contributed by atoms with Crippen molar-refractivity contribution in [2.75, 3.05) is 11.4 Å². The highest BCUT2D eigenvalue weighted by molar-refractivity contribution is 6.05. The SMILES string of the molecule is CC(C)[C@H](NC(=O)CCC(=O)O)C(=O)NCC(=O)N1c2ccccc2C[C@H]1C(=O)NCc1nn[nH]n1. The summed E-state index contributed by atoms with van der Waals surface area (Å²) in [7, 11) is 0. The standard InChI is InChI=1S/C22H28N8O6/c1-12(2)20(25-17(31)7-8-19(33)34)22(36)24-11-18(32)30-14-6-4-3-5-13(14)9-15(30)21(35)23-10-16-26-28-29-27-16/h3-6,12,15,20H,7-11H2,1-2H3,(H,23,35)(H,24,36)(H,25,31)(H,33,34)(H,26,27,28,29)/t15-,20-/m0/s1. The van der Waals surface area contributed by atoms with Gasteiger partial charge in [0.25, 0.3) is 0 Å². The molecule has 0 radical (unpaired) electrons. The van der Waals surface area contributed by atoms with Gasteiger partial charge in [-0.15, -0.1) is 10.2 Å². The maximum Gasteiger partial charge on any atom is 0.303 e. The molecule has 1 aromatic carbocycles. The van der Waals surface area contributed by atoms with Gasteiger partial charge in [0.05, 0.1) is 19.5 Å². The first kappa shape index (κ1) is 26.2. The number of H-pyrrole nitrogens is 1. The zero-order valence-electron chi connectivity index (χ0n) is 19.9. The fraction of sp³-hybridized carbons (Fsp3) is 0.455. The molecule has 0 saturated heterocycles. The average molecular weight is 501 g/mol. The molecule has 0 fully saturated rings. The van der Waals surface area contributed by atoms with E-state index < -0.39 is 48.2 Å². The second kappa shape index (κ2) is 11.9. The average Bonchev–Trinajstić information content (AvgIpc) is 3.50. The minimum Gasteiger partial charge on any atom is -0.481 e. The molecule has 14 heteroatoms. The van der Waals surface area contributed by atoms with E-state index in [0.29, 0.717) is 12.1 Å². The topological polar surface area (TPSA) is 199 Å². The number of benzene rings is 1. The van der Waals surface area contributed by atoms with Crippen LogP contribution in [0, 0.1) is 5.92 Å². The van der Waals surface area contributed by atoms with E-state index in [4.69, 9.17) is 5.11 Å². The first-order valence-electron chi connectivity index (χ1n) is 11.4. The molecule has 36 heavy (non-hydrogen) atoms. The zero-order chi connectivity index (χ0) is 26.2. The summed E-state index contributed by atoms with van der Waals surface area (Å²) in [6, 6.07) is 5.31. The number of aromatic nitrogens is 4. The van der Waals surface area contributed by atoms with Gasteiger partial charge in [-0.2, -0.15) is 5.21 Å². The molecule has 0 aliphatic carbocycles. The number of carboxylic acids is 1. The van der Waals surface area contributed by atoms with Crippen LogP contribution in [0.15, 0.2) is 24.3 Å². The molecule has 4 amide bonds. The van der Waals surface area contributed by atoms with E-state index in [1.165, 1.54) is 4.90 Å². The maximum absolute atomic E-state index is 13.2. The molecule has 1 aromatic heterocycles. The molecule has 1 aliphatic heterocycles. The molecule has 3 rings (SSSR count). The highest BCUT2D eigenvalue weighted by atomic mass is 16.4. The van der Waals surface area contributed by atoms with Gasteiger partial charge < -0.3 is 21.1 Å². The molecule has 14 nitrogen and oxygen atoms in total. The maximum atomic E-state index is 13.2. The van der Waals surface area contributed by atoms with Crippen molar-refractivity contribution in [3.8, 4) is 0 Å². The van der Waals surface area contributed by atoms with Crippen molar-refractivity contribution in [1.82, 2.24) is 36.6 Å². The number of para-hydroxylation sites is 1. The molecule has 0 spiro atoms. The van der Waals surface area contributed by atoms with Crippen LogP contribution in [-0.2, 0) is 36.9 Å². The Labute approximate surface area is 206 Å². The van der Waals surface area contributed by atoms with Crippen molar-refractivity contribution in [1.29, 1.82) is 0 Å².